The molecular weight excluding hydrogens is 224 g/mol. The minimum absolute atomic E-state index is 0.0710. The van der Waals surface area contributed by atoms with Gasteiger partial charge in [-0.15, -0.1) is 0 Å². The number of rotatable bonds is 6. The van der Waals surface area contributed by atoms with E-state index in [9.17, 15) is 4.79 Å². The van der Waals surface area contributed by atoms with E-state index in [1.54, 1.807) is 0 Å². The van der Waals surface area contributed by atoms with E-state index >= 15 is 0 Å². The lowest BCUT2D eigenvalue weighted by Gasteiger charge is -2.33. The second kappa shape index (κ2) is 6.05. The Labute approximate surface area is 111 Å². The molecule has 1 aliphatic heterocycles. The van der Waals surface area contributed by atoms with Gasteiger partial charge >= 0.3 is 0 Å². The van der Waals surface area contributed by atoms with Crippen LogP contribution in [0.15, 0.2) is 0 Å². The minimum Gasteiger partial charge on any atom is -0.326 e. The molecule has 104 valence electrons. The first-order valence-corrected chi connectivity index (χ1v) is 7.68. The number of nitrogens with zero attached hydrogens (tertiary/aromatic N) is 1. The highest BCUT2D eigenvalue weighted by Crippen LogP contribution is 2.30. The highest BCUT2D eigenvalue weighted by atomic mass is 16.2. The van der Waals surface area contributed by atoms with E-state index in [0.29, 0.717) is 18.0 Å². The van der Waals surface area contributed by atoms with Gasteiger partial charge in [-0.3, -0.25) is 10.1 Å². The summed E-state index contributed by atoms with van der Waals surface area (Å²) in [5.41, 5.74) is 0. The Morgan fingerprint density at radius 2 is 2.11 bits per heavy atom. The van der Waals surface area contributed by atoms with Crippen molar-refractivity contribution in [1.82, 2.24) is 10.2 Å². The Bertz CT molecular complexity index is 286. The zero-order chi connectivity index (χ0) is 13.1. The van der Waals surface area contributed by atoms with E-state index in [2.05, 4.69) is 31.0 Å². The molecule has 1 N–H and O–H groups in total. The number of hydrogen-bond donors (Lipinski definition) is 1. The van der Waals surface area contributed by atoms with Gasteiger partial charge in [0.05, 0.1) is 12.2 Å². The van der Waals surface area contributed by atoms with Crippen molar-refractivity contribution in [1.29, 1.82) is 0 Å². The largest absolute Gasteiger partial charge is 0.326 e. The second-order valence-corrected chi connectivity index (χ2v) is 6.44. The van der Waals surface area contributed by atoms with Crippen molar-refractivity contribution in [2.24, 2.45) is 11.8 Å². The molecule has 2 aliphatic rings. The molecule has 0 radical (unpaired) electrons. The summed E-state index contributed by atoms with van der Waals surface area (Å²) in [7, 11) is 0. The highest BCUT2D eigenvalue weighted by Gasteiger charge is 2.39. The number of nitrogens with one attached hydrogen (secondary N) is 1. The Morgan fingerprint density at radius 3 is 2.61 bits per heavy atom. The molecule has 2 unspecified atom stereocenters. The topological polar surface area (TPSA) is 32.3 Å². The van der Waals surface area contributed by atoms with Crippen LogP contribution in [0.3, 0.4) is 0 Å². The Morgan fingerprint density at radius 1 is 1.39 bits per heavy atom. The molecule has 1 saturated carbocycles. The van der Waals surface area contributed by atoms with Gasteiger partial charge in [0.15, 0.2) is 0 Å². The van der Waals surface area contributed by atoms with Gasteiger partial charge in [0.25, 0.3) is 0 Å². The third kappa shape index (κ3) is 3.05. The molecule has 0 spiro atoms. The van der Waals surface area contributed by atoms with Crippen LogP contribution in [0.5, 0.6) is 0 Å². The predicted molar refractivity (Wildman–Crippen MR) is 74.1 cm³/mol. The van der Waals surface area contributed by atoms with E-state index in [0.717, 1.165) is 31.7 Å². The Hall–Kier alpha value is -0.570. The normalized spacial score (nSPS) is 29.1. The number of carbonyl (C=O) groups is 1. The van der Waals surface area contributed by atoms with Crippen molar-refractivity contribution in [2.45, 2.75) is 71.5 Å². The van der Waals surface area contributed by atoms with Gasteiger partial charge in [0, 0.05) is 6.54 Å². The third-order valence-corrected chi connectivity index (χ3v) is 4.30. The smallest absolute Gasteiger partial charge is 0.241 e. The zero-order valence-electron chi connectivity index (χ0n) is 12.1. The fourth-order valence-corrected chi connectivity index (χ4v) is 3.07. The average Bonchev–Trinajstić information content (AvgIpc) is 2.50. The van der Waals surface area contributed by atoms with Crippen molar-refractivity contribution >= 4 is 5.91 Å². The van der Waals surface area contributed by atoms with Crippen LogP contribution in [0, 0.1) is 11.8 Å². The van der Waals surface area contributed by atoms with Gasteiger partial charge in [0.1, 0.15) is 0 Å². The lowest BCUT2D eigenvalue weighted by molar-refractivity contribution is -0.131. The van der Waals surface area contributed by atoms with Crippen LogP contribution in [0.4, 0.5) is 0 Å². The van der Waals surface area contributed by atoms with E-state index in [-0.39, 0.29) is 6.04 Å². The fourth-order valence-electron chi connectivity index (χ4n) is 3.07. The Balaban J connectivity index is 1.96. The molecule has 1 aliphatic carbocycles. The number of carbonyl (C=O) groups excluding carboxylic acids is 1. The summed E-state index contributed by atoms with van der Waals surface area (Å²) in [6.45, 7) is 7.57. The second-order valence-electron chi connectivity index (χ2n) is 6.44. The van der Waals surface area contributed by atoms with Gasteiger partial charge in [-0.2, -0.15) is 0 Å². The third-order valence-electron chi connectivity index (χ3n) is 4.30. The van der Waals surface area contributed by atoms with Crippen molar-refractivity contribution in [3.8, 4) is 0 Å². The van der Waals surface area contributed by atoms with Gasteiger partial charge in [-0.1, -0.05) is 33.6 Å². The van der Waals surface area contributed by atoms with E-state index in [1.165, 1.54) is 19.3 Å². The summed E-state index contributed by atoms with van der Waals surface area (Å²) in [6.07, 6.45) is 7.49. The fraction of sp³-hybridized carbons (Fsp3) is 0.933. The summed E-state index contributed by atoms with van der Waals surface area (Å²) in [4.78, 5) is 14.6. The molecular formula is C15H28N2O. The summed E-state index contributed by atoms with van der Waals surface area (Å²) < 4.78 is 0. The average molecular weight is 252 g/mol. The zero-order valence-corrected chi connectivity index (χ0v) is 12.1. The molecule has 2 rings (SSSR count). The molecule has 3 heteroatoms. The molecule has 0 bridgehead atoms. The molecule has 1 heterocycles. The summed E-state index contributed by atoms with van der Waals surface area (Å²) in [5, 5.41) is 3.55. The number of amides is 1. The van der Waals surface area contributed by atoms with Crippen molar-refractivity contribution in [3.63, 3.8) is 0 Å². The highest BCUT2D eigenvalue weighted by molar-refractivity contribution is 5.84. The summed E-state index contributed by atoms with van der Waals surface area (Å²) >= 11 is 0. The van der Waals surface area contributed by atoms with E-state index in [1.807, 2.05) is 0 Å². The van der Waals surface area contributed by atoms with Gasteiger partial charge in [-0.05, 0) is 37.5 Å². The molecule has 3 nitrogen and oxygen atoms in total. The van der Waals surface area contributed by atoms with Crippen LogP contribution < -0.4 is 5.32 Å². The summed E-state index contributed by atoms with van der Waals surface area (Å²) in [5.74, 6) is 1.71. The molecule has 2 fully saturated rings. The number of hydrogen-bond acceptors (Lipinski definition) is 2. The predicted octanol–water partition coefficient (Wildman–Crippen LogP) is 2.76. The van der Waals surface area contributed by atoms with Crippen LogP contribution in [-0.4, -0.2) is 29.6 Å². The monoisotopic (exact) mass is 252 g/mol. The Kier molecular flexibility index (Phi) is 4.66. The lowest BCUT2D eigenvalue weighted by atomic mass is 9.85. The maximum absolute atomic E-state index is 12.5. The van der Waals surface area contributed by atoms with Crippen LogP contribution in [0.2, 0.25) is 0 Å². The maximum Gasteiger partial charge on any atom is 0.241 e. The first kappa shape index (κ1) is 13.9. The van der Waals surface area contributed by atoms with E-state index in [4.69, 9.17) is 0 Å². The van der Waals surface area contributed by atoms with Gasteiger partial charge < -0.3 is 4.90 Å². The van der Waals surface area contributed by atoms with Crippen LogP contribution in [0.25, 0.3) is 0 Å². The van der Waals surface area contributed by atoms with Gasteiger partial charge in [-0.25, -0.2) is 0 Å². The van der Waals surface area contributed by atoms with Crippen LogP contribution in [0.1, 0.15) is 59.3 Å². The van der Waals surface area contributed by atoms with Crippen LogP contribution >= 0.6 is 0 Å². The molecule has 1 saturated heterocycles. The van der Waals surface area contributed by atoms with Crippen molar-refractivity contribution in [3.05, 3.63) is 0 Å². The molecule has 0 aromatic rings. The minimum atomic E-state index is 0.0710. The van der Waals surface area contributed by atoms with Gasteiger partial charge in [0.2, 0.25) is 5.91 Å². The summed E-state index contributed by atoms with van der Waals surface area (Å²) in [6, 6.07) is 0.0710. The van der Waals surface area contributed by atoms with Crippen molar-refractivity contribution < 1.29 is 4.79 Å². The SMILES string of the molecule is CCCC1NC(CC(C)C)C(=O)N1CC1CCC1. The van der Waals surface area contributed by atoms with Crippen LogP contribution in [-0.2, 0) is 4.79 Å². The standard InChI is InChI=1S/C15H28N2O/c1-4-6-14-16-13(9-11(2)3)15(18)17(14)10-12-7-5-8-12/h11-14,16H,4-10H2,1-3H3. The van der Waals surface area contributed by atoms with E-state index < -0.39 is 0 Å². The first-order chi connectivity index (χ1) is 8.61. The first-order valence-electron chi connectivity index (χ1n) is 7.68. The molecule has 1 amide bonds. The molecule has 0 aromatic heterocycles. The van der Waals surface area contributed by atoms with Crippen molar-refractivity contribution in [2.75, 3.05) is 6.54 Å². The maximum atomic E-state index is 12.5. The lowest BCUT2D eigenvalue weighted by Crippen LogP contribution is -2.41. The molecule has 18 heavy (non-hydrogen) atoms. The molecule has 2 atom stereocenters. The molecule has 0 aromatic carbocycles. The quantitative estimate of drug-likeness (QED) is 0.788.